The molecule has 0 aromatic rings. The smallest absolute Gasteiger partial charge is 0.409 e. The molecule has 0 radical (unpaired) electrons. The summed E-state index contributed by atoms with van der Waals surface area (Å²) in [6, 6.07) is 0.584. The van der Waals surface area contributed by atoms with Crippen molar-refractivity contribution in [3.05, 3.63) is 0 Å². The highest BCUT2D eigenvalue weighted by Gasteiger charge is 2.24. The van der Waals surface area contributed by atoms with Crippen LogP contribution in [0.5, 0.6) is 0 Å². The Bertz CT molecular complexity index is 275. The maximum atomic E-state index is 11.6. The third kappa shape index (κ3) is 4.88. The van der Waals surface area contributed by atoms with E-state index >= 15 is 0 Å². The molecule has 0 spiro atoms. The number of ether oxygens (including phenoxy) is 1. The molecule has 0 aliphatic carbocycles. The second kappa shape index (κ2) is 8.00. The molecule has 110 valence electrons. The Morgan fingerprint density at radius 2 is 1.95 bits per heavy atom. The molecule has 19 heavy (non-hydrogen) atoms. The van der Waals surface area contributed by atoms with Gasteiger partial charge in [0.15, 0.2) is 0 Å². The van der Waals surface area contributed by atoms with Gasteiger partial charge in [0.1, 0.15) is 0 Å². The van der Waals surface area contributed by atoms with Crippen LogP contribution in [0.1, 0.15) is 32.6 Å². The molecule has 4 nitrogen and oxygen atoms in total. The first-order valence-electron chi connectivity index (χ1n) is 7.52. The lowest BCUT2D eigenvalue weighted by atomic mass is 10.0. The summed E-state index contributed by atoms with van der Waals surface area (Å²) in [5.41, 5.74) is 0. The lowest BCUT2D eigenvalue weighted by molar-refractivity contribution is 0.0947. The van der Waals surface area contributed by atoms with Crippen molar-refractivity contribution in [1.29, 1.82) is 0 Å². The average Bonchev–Trinajstić information content (AvgIpc) is 2.47. The first-order chi connectivity index (χ1) is 9.29. The van der Waals surface area contributed by atoms with E-state index in [2.05, 4.69) is 17.1 Å². The molecular formula is C14H26N2O2S. The molecule has 0 aromatic carbocycles. The minimum absolute atomic E-state index is 0.148. The van der Waals surface area contributed by atoms with Crippen molar-refractivity contribution in [1.82, 2.24) is 10.2 Å². The second-order valence-electron chi connectivity index (χ2n) is 5.42. The van der Waals surface area contributed by atoms with Crippen LogP contribution in [0.4, 0.5) is 4.79 Å². The molecule has 0 bridgehead atoms. The summed E-state index contributed by atoms with van der Waals surface area (Å²) in [6.45, 7) is 5.14. The molecule has 0 atom stereocenters. The van der Waals surface area contributed by atoms with Crippen molar-refractivity contribution in [2.45, 2.75) is 38.6 Å². The predicted molar refractivity (Wildman–Crippen MR) is 79.7 cm³/mol. The molecule has 5 heteroatoms. The average molecular weight is 286 g/mol. The second-order valence-corrected chi connectivity index (χ2v) is 6.65. The highest BCUT2D eigenvalue weighted by Crippen LogP contribution is 2.22. The van der Waals surface area contributed by atoms with Crippen molar-refractivity contribution in [3.8, 4) is 0 Å². The molecule has 1 N–H and O–H groups in total. The Hall–Kier alpha value is -0.420. The number of rotatable bonds is 4. The van der Waals surface area contributed by atoms with Gasteiger partial charge in [-0.25, -0.2) is 4.79 Å². The first-order valence-corrected chi connectivity index (χ1v) is 8.68. The fourth-order valence-corrected chi connectivity index (χ4v) is 3.97. The summed E-state index contributed by atoms with van der Waals surface area (Å²) >= 11 is 2.08. The van der Waals surface area contributed by atoms with E-state index in [-0.39, 0.29) is 6.09 Å². The van der Waals surface area contributed by atoms with Crippen LogP contribution in [-0.4, -0.2) is 54.8 Å². The zero-order valence-electron chi connectivity index (χ0n) is 11.9. The molecule has 0 aromatic heterocycles. The zero-order chi connectivity index (χ0) is 13.5. The van der Waals surface area contributed by atoms with Crippen LogP contribution in [-0.2, 0) is 4.74 Å². The quantitative estimate of drug-likeness (QED) is 0.861. The van der Waals surface area contributed by atoms with E-state index in [1.165, 1.54) is 24.3 Å². The summed E-state index contributed by atoms with van der Waals surface area (Å²) in [4.78, 5) is 13.4. The molecular weight excluding hydrogens is 260 g/mol. The summed E-state index contributed by atoms with van der Waals surface area (Å²) in [7, 11) is 0. The minimum atomic E-state index is -0.148. The largest absolute Gasteiger partial charge is 0.450 e. The van der Waals surface area contributed by atoms with Gasteiger partial charge in [0.2, 0.25) is 0 Å². The number of likely N-dealkylation sites (tertiary alicyclic amines) is 1. The first kappa shape index (κ1) is 15.0. The number of amides is 1. The van der Waals surface area contributed by atoms with Crippen LogP contribution >= 0.6 is 11.8 Å². The molecule has 2 heterocycles. The van der Waals surface area contributed by atoms with Crippen molar-refractivity contribution in [2.75, 3.05) is 37.7 Å². The van der Waals surface area contributed by atoms with Crippen molar-refractivity contribution in [2.24, 2.45) is 5.92 Å². The Morgan fingerprint density at radius 3 is 2.58 bits per heavy atom. The molecule has 2 fully saturated rings. The molecule has 1 amide bonds. The Labute approximate surface area is 120 Å². The fourth-order valence-electron chi connectivity index (χ4n) is 2.76. The van der Waals surface area contributed by atoms with Crippen LogP contribution in [0.25, 0.3) is 0 Å². The van der Waals surface area contributed by atoms with Gasteiger partial charge in [-0.1, -0.05) is 0 Å². The van der Waals surface area contributed by atoms with Crippen LogP contribution in [0.3, 0.4) is 0 Å². The molecule has 2 saturated heterocycles. The molecule has 2 aliphatic heterocycles. The van der Waals surface area contributed by atoms with Crippen molar-refractivity contribution < 1.29 is 9.53 Å². The van der Waals surface area contributed by atoms with Gasteiger partial charge >= 0.3 is 6.09 Å². The lowest BCUT2D eigenvalue weighted by Gasteiger charge is -2.33. The topological polar surface area (TPSA) is 41.6 Å². The van der Waals surface area contributed by atoms with Gasteiger partial charge < -0.3 is 15.0 Å². The van der Waals surface area contributed by atoms with Gasteiger partial charge in [-0.3, -0.25) is 0 Å². The summed E-state index contributed by atoms with van der Waals surface area (Å²) < 4.78 is 5.04. The number of nitrogens with zero attached hydrogens (tertiary/aromatic N) is 1. The lowest BCUT2D eigenvalue weighted by Crippen LogP contribution is -2.46. The van der Waals surface area contributed by atoms with E-state index in [1.54, 1.807) is 0 Å². The summed E-state index contributed by atoms with van der Waals surface area (Å²) in [5.74, 6) is 3.52. The van der Waals surface area contributed by atoms with Gasteiger partial charge in [0.25, 0.3) is 0 Å². The summed E-state index contributed by atoms with van der Waals surface area (Å²) in [5, 5.41) is 3.69. The Morgan fingerprint density at radius 1 is 1.26 bits per heavy atom. The Balaban J connectivity index is 1.61. The standard InChI is InChI=1S/C14H26N2O2S/c1-2-18-14(17)16-7-3-13(4-8-16)15-11-12-5-9-19-10-6-12/h12-13,15H,2-11H2,1H3. The number of piperidine rings is 1. The monoisotopic (exact) mass is 286 g/mol. The van der Waals surface area contributed by atoms with E-state index in [4.69, 9.17) is 4.74 Å². The zero-order valence-corrected chi connectivity index (χ0v) is 12.7. The maximum Gasteiger partial charge on any atom is 0.409 e. The van der Waals surface area contributed by atoms with Crippen molar-refractivity contribution >= 4 is 17.9 Å². The van der Waals surface area contributed by atoms with Gasteiger partial charge in [-0.2, -0.15) is 11.8 Å². The molecule has 2 aliphatic rings. The number of carbonyl (C=O) groups is 1. The van der Waals surface area contributed by atoms with E-state index < -0.39 is 0 Å². The van der Waals surface area contributed by atoms with Gasteiger partial charge in [-0.15, -0.1) is 0 Å². The number of hydrogen-bond acceptors (Lipinski definition) is 4. The van der Waals surface area contributed by atoms with Crippen molar-refractivity contribution in [3.63, 3.8) is 0 Å². The van der Waals surface area contributed by atoms with Crippen LogP contribution in [0, 0.1) is 5.92 Å². The molecule has 2 rings (SSSR count). The third-order valence-electron chi connectivity index (χ3n) is 4.06. The predicted octanol–water partition coefficient (Wildman–Crippen LogP) is 2.34. The van der Waals surface area contributed by atoms with E-state index in [0.717, 1.165) is 38.4 Å². The highest BCUT2D eigenvalue weighted by molar-refractivity contribution is 7.99. The van der Waals surface area contributed by atoms with Crippen LogP contribution < -0.4 is 5.32 Å². The highest BCUT2D eigenvalue weighted by atomic mass is 32.2. The minimum Gasteiger partial charge on any atom is -0.450 e. The van der Waals surface area contributed by atoms with Gasteiger partial charge in [-0.05, 0) is 56.6 Å². The maximum absolute atomic E-state index is 11.6. The molecule has 0 unspecified atom stereocenters. The SMILES string of the molecule is CCOC(=O)N1CCC(NCC2CCSCC2)CC1. The van der Waals surface area contributed by atoms with E-state index in [9.17, 15) is 4.79 Å². The fraction of sp³-hybridized carbons (Fsp3) is 0.929. The van der Waals surface area contributed by atoms with Gasteiger partial charge in [0, 0.05) is 19.1 Å². The normalized spacial score (nSPS) is 22.5. The third-order valence-corrected chi connectivity index (χ3v) is 5.11. The van der Waals surface area contributed by atoms with E-state index in [1.807, 2.05) is 11.8 Å². The summed E-state index contributed by atoms with van der Waals surface area (Å²) in [6.07, 6.45) is 4.68. The molecule has 0 saturated carbocycles. The number of thioether (sulfide) groups is 1. The van der Waals surface area contributed by atoms with Crippen LogP contribution in [0.2, 0.25) is 0 Å². The Kier molecular flexibility index (Phi) is 6.31. The van der Waals surface area contributed by atoms with E-state index in [0.29, 0.717) is 12.6 Å². The number of carbonyl (C=O) groups excluding carboxylic acids is 1. The van der Waals surface area contributed by atoms with Gasteiger partial charge in [0.05, 0.1) is 6.61 Å². The number of nitrogens with one attached hydrogen (secondary N) is 1. The number of hydrogen-bond donors (Lipinski definition) is 1. The van der Waals surface area contributed by atoms with Crippen LogP contribution in [0.15, 0.2) is 0 Å².